The van der Waals surface area contributed by atoms with Gasteiger partial charge in [-0.05, 0) is 30.5 Å². The van der Waals surface area contributed by atoms with Gasteiger partial charge in [0.05, 0.1) is 6.04 Å². The van der Waals surface area contributed by atoms with Gasteiger partial charge in [0.25, 0.3) is 0 Å². The van der Waals surface area contributed by atoms with Gasteiger partial charge < -0.3 is 10.0 Å². The number of hydrogen-bond donors (Lipinski definition) is 1. The monoisotopic (exact) mass is 235 g/mol. The predicted octanol–water partition coefficient (Wildman–Crippen LogP) is 2.98. The molecular weight excluding hydrogens is 221 g/mol. The van der Waals surface area contributed by atoms with Crippen molar-refractivity contribution in [1.82, 2.24) is 4.90 Å². The topological polar surface area (TPSA) is 40.5 Å². The quantitative estimate of drug-likeness (QED) is 0.856. The highest BCUT2D eigenvalue weighted by Gasteiger charge is 2.25. The van der Waals surface area contributed by atoms with Crippen LogP contribution in [0, 0.1) is 5.82 Å². The molecule has 1 heterocycles. The number of carboxylic acid groups (broad SMARTS) is 1. The summed E-state index contributed by atoms with van der Waals surface area (Å²) in [6.45, 7) is 0.577. The summed E-state index contributed by atoms with van der Waals surface area (Å²) in [4.78, 5) is 12.3. The third kappa shape index (κ3) is 2.84. The molecule has 2 rings (SSSR count). The fourth-order valence-corrected chi connectivity index (χ4v) is 2.06. The van der Waals surface area contributed by atoms with Gasteiger partial charge in [-0.25, -0.2) is 9.18 Å². The smallest absolute Gasteiger partial charge is 0.407 e. The molecule has 0 bridgehead atoms. The van der Waals surface area contributed by atoms with Gasteiger partial charge in [0.15, 0.2) is 0 Å². The minimum atomic E-state index is -0.892. The molecular formula is C13H14FNO2. The molecule has 1 aromatic rings. The molecule has 1 aliphatic heterocycles. The summed E-state index contributed by atoms with van der Waals surface area (Å²) in [5, 5.41) is 8.96. The summed E-state index contributed by atoms with van der Waals surface area (Å²) in [6.07, 6.45) is 4.42. The van der Waals surface area contributed by atoms with Crippen LogP contribution in [0.1, 0.15) is 18.4 Å². The lowest BCUT2D eigenvalue weighted by Gasteiger charge is -2.17. The Bertz CT molecular complexity index is 445. The third-order valence-corrected chi connectivity index (χ3v) is 2.90. The van der Waals surface area contributed by atoms with Gasteiger partial charge in [-0.1, -0.05) is 24.3 Å². The molecule has 1 fully saturated rings. The van der Waals surface area contributed by atoms with E-state index in [1.54, 1.807) is 18.2 Å². The number of carbonyl (C=O) groups is 1. The summed E-state index contributed by atoms with van der Waals surface area (Å²) >= 11 is 0. The third-order valence-electron chi connectivity index (χ3n) is 2.90. The van der Waals surface area contributed by atoms with Crippen molar-refractivity contribution in [3.63, 3.8) is 0 Å². The van der Waals surface area contributed by atoms with Crippen molar-refractivity contribution < 1.29 is 14.3 Å². The molecule has 1 amide bonds. The fourth-order valence-electron chi connectivity index (χ4n) is 2.06. The molecule has 0 saturated carbocycles. The van der Waals surface area contributed by atoms with E-state index in [1.165, 1.54) is 17.0 Å². The number of amides is 1. The highest BCUT2D eigenvalue weighted by Crippen LogP contribution is 2.19. The zero-order valence-electron chi connectivity index (χ0n) is 9.34. The van der Waals surface area contributed by atoms with Gasteiger partial charge in [-0.3, -0.25) is 0 Å². The first-order valence-corrected chi connectivity index (χ1v) is 5.60. The lowest BCUT2D eigenvalue weighted by molar-refractivity contribution is 0.147. The second-order valence-electron chi connectivity index (χ2n) is 4.10. The van der Waals surface area contributed by atoms with E-state index in [9.17, 15) is 9.18 Å². The average molecular weight is 235 g/mol. The van der Waals surface area contributed by atoms with Crippen molar-refractivity contribution in [1.29, 1.82) is 0 Å². The lowest BCUT2D eigenvalue weighted by atomic mass is 10.1. The Labute approximate surface area is 99.2 Å². The SMILES string of the molecule is O=C(O)N1CCCC1C=Cc1cccc(F)c1. The average Bonchev–Trinajstić information content (AvgIpc) is 2.74. The molecule has 17 heavy (non-hydrogen) atoms. The van der Waals surface area contributed by atoms with Crippen LogP contribution in [0.25, 0.3) is 6.08 Å². The highest BCUT2D eigenvalue weighted by molar-refractivity contribution is 5.66. The number of benzene rings is 1. The normalized spacial score (nSPS) is 20.1. The Balaban J connectivity index is 2.07. The van der Waals surface area contributed by atoms with Gasteiger partial charge in [-0.2, -0.15) is 0 Å². The van der Waals surface area contributed by atoms with E-state index in [1.807, 2.05) is 6.08 Å². The molecule has 1 aromatic carbocycles. The van der Waals surface area contributed by atoms with Gasteiger partial charge >= 0.3 is 6.09 Å². The number of nitrogens with zero attached hydrogens (tertiary/aromatic N) is 1. The van der Waals surface area contributed by atoms with Gasteiger partial charge in [0.2, 0.25) is 0 Å². The van der Waals surface area contributed by atoms with Crippen molar-refractivity contribution in [2.24, 2.45) is 0 Å². The van der Waals surface area contributed by atoms with E-state index in [0.29, 0.717) is 6.54 Å². The molecule has 0 aromatic heterocycles. The highest BCUT2D eigenvalue weighted by atomic mass is 19.1. The van der Waals surface area contributed by atoms with Crippen LogP contribution in [0.4, 0.5) is 9.18 Å². The van der Waals surface area contributed by atoms with Crippen LogP contribution in [0.15, 0.2) is 30.3 Å². The van der Waals surface area contributed by atoms with Crippen LogP contribution in [-0.4, -0.2) is 28.7 Å². The zero-order chi connectivity index (χ0) is 12.3. The van der Waals surface area contributed by atoms with E-state index in [2.05, 4.69) is 0 Å². The van der Waals surface area contributed by atoms with E-state index >= 15 is 0 Å². The van der Waals surface area contributed by atoms with Crippen LogP contribution in [0.2, 0.25) is 0 Å². The number of rotatable bonds is 2. The van der Waals surface area contributed by atoms with E-state index < -0.39 is 6.09 Å². The maximum atomic E-state index is 12.9. The molecule has 90 valence electrons. The van der Waals surface area contributed by atoms with Gasteiger partial charge in [0, 0.05) is 6.54 Å². The molecule has 1 N–H and O–H groups in total. The Kier molecular flexibility index (Phi) is 3.42. The van der Waals surface area contributed by atoms with Crippen LogP contribution >= 0.6 is 0 Å². The molecule has 0 spiro atoms. The Hall–Kier alpha value is -1.84. The van der Waals surface area contributed by atoms with Gasteiger partial charge in [-0.15, -0.1) is 0 Å². The lowest BCUT2D eigenvalue weighted by Crippen LogP contribution is -2.32. The molecule has 1 aliphatic rings. The number of hydrogen-bond acceptors (Lipinski definition) is 1. The number of halogens is 1. The number of likely N-dealkylation sites (tertiary alicyclic amines) is 1. The summed E-state index contributed by atoms with van der Waals surface area (Å²) in [6, 6.07) is 6.15. The molecule has 0 aliphatic carbocycles. The minimum Gasteiger partial charge on any atom is -0.465 e. The second-order valence-corrected chi connectivity index (χ2v) is 4.10. The minimum absolute atomic E-state index is 0.0873. The first-order chi connectivity index (χ1) is 8.16. The fraction of sp³-hybridized carbons (Fsp3) is 0.308. The molecule has 1 unspecified atom stereocenters. The van der Waals surface area contributed by atoms with Crippen LogP contribution in [0.5, 0.6) is 0 Å². The second kappa shape index (κ2) is 4.99. The van der Waals surface area contributed by atoms with Crippen LogP contribution < -0.4 is 0 Å². The van der Waals surface area contributed by atoms with Gasteiger partial charge in [0.1, 0.15) is 5.82 Å². The molecule has 3 nitrogen and oxygen atoms in total. The first kappa shape index (κ1) is 11.6. The maximum absolute atomic E-state index is 12.9. The summed E-state index contributed by atoms with van der Waals surface area (Å²) in [7, 11) is 0. The summed E-state index contributed by atoms with van der Waals surface area (Å²) in [5.41, 5.74) is 0.752. The van der Waals surface area contributed by atoms with E-state index in [0.717, 1.165) is 18.4 Å². The summed E-state index contributed by atoms with van der Waals surface area (Å²) < 4.78 is 12.9. The standard InChI is InChI=1S/C13H14FNO2/c14-11-4-1-3-10(9-11)6-7-12-5-2-8-15(12)13(16)17/h1,3-4,6-7,9,12H,2,5,8H2,(H,16,17). The van der Waals surface area contributed by atoms with Crippen LogP contribution in [0.3, 0.4) is 0 Å². The van der Waals surface area contributed by atoms with Crippen molar-refractivity contribution in [3.8, 4) is 0 Å². The molecule has 0 radical (unpaired) electrons. The molecule has 1 saturated heterocycles. The molecule has 4 heteroatoms. The van der Waals surface area contributed by atoms with Crippen molar-refractivity contribution in [3.05, 3.63) is 41.7 Å². The Morgan fingerprint density at radius 3 is 3.06 bits per heavy atom. The predicted molar refractivity (Wildman–Crippen MR) is 63.2 cm³/mol. The summed E-state index contributed by atoms with van der Waals surface area (Å²) in [5.74, 6) is -0.284. The van der Waals surface area contributed by atoms with E-state index in [-0.39, 0.29) is 11.9 Å². The van der Waals surface area contributed by atoms with Crippen LogP contribution in [-0.2, 0) is 0 Å². The van der Waals surface area contributed by atoms with Crippen molar-refractivity contribution >= 4 is 12.2 Å². The van der Waals surface area contributed by atoms with E-state index in [4.69, 9.17) is 5.11 Å². The Morgan fingerprint density at radius 1 is 1.53 bits per heavy atom. The maximum Gasteiger partial charge on any atom is 0.407 e. The van der Waals surface area contributed by atoms with Crippen molar-refractivity contribution in [2.75, 3.05) is 6.54 Å². The largest absolute Gasteiger partial charge is 0.465 e. The van der Waals surface area contributed by atoms with Crippen molar-refractivity contribution in [2.45, 2.75) is 18.9 Å². The molecule has 1 atom stereocenters. The Morgan fingerprint density at radius 2 is 2.35 bits per heavy atom. The first-order valence-electron chi connectivity index (χ1n) is 5.60. The zero-order valence-corrected chi connectivity index (χ0v) is 9.34.